The predicted octanol–water partition coefficient (Wildman–Crippen LogP) is 2.83. The molecule has 0 unspecified atom stereocenters. The number of ether oxygens (including phenoxy) is 1. The fourth-order valence-electron chi connectivity index (χ4n) is 2.95. The van der Waals surface area contributed by atoms with Crippen LogP contribution in [0, 0.1) is 20.8 Å². The third-order valence-electron chi connectivity index (χ3n) is 4.34. The molecular formula is C17H26N4O3S. The molecule has 1 atom stereocenters. The number of aromatic nitrogens is 3. The Morgan fingerprint density at radius 1 is 1.16 bits per heavy atom. The number of hydrogen-bond donors (Lipinski definition) is 1. The first-order valence-corrected chi connectivity index (χ1v) is 9.65. The van der Waals surface area contributed by atoms with Gasteiger partial charge >= 0.3 is 0 Å². The topological polar surface area (TPSA) is 86.1 Å². The van der Waals surface area contributed by atoms with Crippen molar-refractivity contribution in [1.82, 2.24) is 19.5 Å². The van der Waals surface area contributed by atoms with E-state index in [-0.39, 0.29) is 10.9 Å². The Kier molecular flexibility index (Phi) is 5.53. The van der Waals surface area contributed by atoms with Crippen LogP contribution in [-0.4, -0.2) is 30.3 Å². The summed E-state index contributed by atoms with van der Waals surface area (Å²) in [7, 11) is -2.15. The molecule has 0 aliphatic carbocycles. The Balaban J connectivity index is 2.43. The molecular weight excluding hydrogens is 340 g/mol. The molecule has 138 valence electrons. The number of hydrogen-bond acceptors (Lipinski definition) is 5. The van der Waals surface area contributed by atoms with Gasteiger partial charge in [0.25, 0.3) is 0 Å². The lowest BCUT2D eigenvalue weighted by Crippen LogP contribution is -2.30. The van der Waals surface area contributed by atoms with E-state index in [2.05, 4.69) is 14.9 Å². The standard InChI is InChI=1S/C17H26N4O3S/c1-10(2)21-9-18-19-17(21)14(6)20-25(22,23)16-11(3)8-15(24-7)12(4)13(16)5/h8-10,14,20H,1-7H3/t14-/m1/s1. The maximum atomic E-state index is 13.0. The zero-order chi connectivity index (χ0) is 18.9. The fraction of sp³-hybridized carbons (Fsp3) is 0.529. The van der Waals surface area contributed by atoms with Gasteiger partial charge < -0.3 is 9.30 Å². The SMILES string of the molecule is COc1cc(C)c(S(=O)(=O)N[C@H](C)c2nncn2C(C)C)c(C)c1C. The van der Waals surface area contributed by atoms with Crippen LogP contribution in [0.2, 0.25) is 0 Å². The monoisotopic (exact) mass is 366 g/mol. The average molecular weight is 366 g/mol. The van der Waals surface area contributed by atoms with Gasteiger partial charge in [0.2, 0.25) is 10.0 Å². The molecule has 0 saturated carbocycles. The van der Waals surface area contributed by atoms with Crippen LogP contribution in [0.1, 0.15) is 55.4 Å². The van der Waals surface area contributed by atoms with E-state index in [1.807, 2.05) is 25.3 Å². The van der Waals surface area contributed by atoms with Crippen LogP contribution in [0.25, 0.3) is 0 Å². The maximum Gasteiger partial charge on any atom is 0.241 e. The van der Waals surface area contributed by atoms with Gasteiger partial charge in [-0.25, -0.2) is 13.1 Å². The van der Waals surface area contributed by atoms with Crippen LogP contribution in [0.5, 0.6) is 5.75 Å². The molecule has 2 aromatic rings. The molecule has 1 aromatic heterocycles. The van der Waals surface area contributed by atoms with E-state index in [4.69, 9.17) is 4.74 Å². The summed E-state index contributed by atoms with van der Waals surface area (Å²) in [5, 5.41) is 7.97. The van der Waals surface area contributed by atoms with Crippen LogP contribution < -0.4 is 9.46 Å². The highest BCUT2D eigenvalue weighted by atomic mass is 32.2. The van der Waals surface area contributed by atoms with Crippen LogP contribution in [0.15, 0.2) is 17.3 Å². The van der Waals surface area contributed by atoms with Crippen molar-refractivity contribution >= 4 is 10.0 Å². The summed E-state index contributed by atoms with van der Waals surface area (Å²) in [6.45, 7) is 11.2. The minimum absolute atomic E-state index is 0.142. The molecule has 1 N–H and O–H groups in total. The Morgan fingerprint density at radius 2 is 1.80 bits per heavy atom. The zero-order valence-corrected chi connectivity index (χ0v) is 16.6. The maximum absolute atomic E-state index is 13.0. The van der Waals surface area contributed by atoms with Gasteiger partial charge in [-0.05, 0) is 64.3 Å². The lowest BCUT2D eigenvalue weighted by Gasteiger charge is -2.20. The highest BCUT2D eigenvalue weighted by molar-refractivity contribution is 7.89. The summed E-state index contributed by atoms with van der Waals surface area (Å²) in [6.07, 6.45) is 1.61. The Labute approximate surface area is 149 Å². The van der Waals surface area contributed by atoms with Gasteiger partial charge in [0.05, 0.1) is 18.0 Å². The van der Waals surface area contributed by atoms with E-state index in [0.717, 1.165) is 5.56 Å². The molecule has 0 aliphatic heterocycles. The smallest absolute Gasteiger partial charge is 0.241 e. The molecule has 0 bridgehead atoms. The number of rotatable bonds is 6. The molecule has 0 spiro atoms. The summed E-state index contributed by atoms with van der Waals surface area (Å²) >= 11 is 0. The highest BCUT2D eigenvalue weighted by Crippen LogP contribution is 2.31. The van der Waals surface area contributed by atoms with Crippen LogP contribution >= 0.6 is 0 Å². The van der Waals surface area contributed by atoms with Gasteiger partial charge in [0, 0.05) is 6.04 Å². The summed E-state index contributed by atoms with van der Waals surface area (Å²) in [6, 6.07) is 1.39. The normalized spacial score (nSPS) is 13.3. The van der Waals surface area contributed by atoms with E-state index < -0.39 is 16.1 Å². The zero-order valence-electron chi connectivity index (χ0n) is 15.8. The molecule has 0 fully saturated rings. The van der Waals surface area contributed by atoms with E-state index in [1.165, 1.54) is 0 Å². The van der Waals surface area contributed by atoms with Gasteiger partial charge in [-0.3, -0.25) is 0 Å². The number of nitrogens with zero attached hydrogens (tertiary/aromatic N) is 3. The number of methoxy groups -OCH3 is 1. The second-order valence-corrected chi connectivity index (χ2v) is 8.16. The van der Waals surface area contributed by atoms with Gasteiger partial charge in [-0.1, -0.05) is 0 Å². The highest BCUT2D eigenvalue weighted by Gasteiger charge is 2.26. The third kappa shape index (κ3) is 3.69. The fourth-order valence-corrected chi connectivity index (χ4v) is 4.68. The molecule has 1 aromatic carbocycles. The number of sulfonamides is 1. The third-order valence-corrected chi connectivity index (χ3v) is 6.17. The largest absolute Gasteiger partial charge is 0.496 e. The lowest BCUT2D eigenvalue weighted by molar-refractivity contribution is 0.410. The molecule has 1 heterocycles. The van der Waals surface area contributed by atoms with E-state index >= 15 is 0 Å². The van der Waals surface area contributed by atoms with Crippen molar-refractivity contribution in [1.29, 1.82) is 0 Å². The van der Waals surface area contributed by atoms with Crippen molar-refractivity contribution in [3.05, 3.63) is 34.9 Å². The van der Waals surface area contributed by atoms with Crippen molar-refractivity contribution in [3.8, 4) is 5.75 Å². The van der Waals surface area contributed by atoms with Crippen molar-refractivity contribution in [2.45, 2.75) is 58.5 Å². The molecule has 0 saturated heterocycles. The van der Waals surface area contributed by atoms with E-state index in [9.17, 15) is 8.42 Å². The van der Waals surface area contributed by atoms with Gasteiger partial charge in [-0.15, -0.1) is 10.2 Å². The van der Waals surface area contributed by atoms with Gasteiger partial charge in [0.15, 0.2) is 5.82 Å². The van der Waals surface area contributed by atoms with Gasteiger partial charge in [0.1, 0.15) is 12.1 Å². The second kappa shape index (κ2) is 7.13. The molecule has 2 rings (SSSR count). The molecule has 0 aliphatic rings. The molecule has 7 nitrogen and oxygen atoms in total. The van der Waals surface area contributed by atoms with Crippen molar-refractivity contribution < 1.29 is 13.2 Å². The van der Waals surface area contributed by atoms with Gasteiger partial charge in [-0.2, -0.15) is 0 Å². The number of aryl methyl sites for hydroxylation is 1. The van der Waals surface area contributed by atoms with Crippen LogP contribution in [-0.2, 0) is 10.0 Å². The second-order valence-electron chi connectivity index (χ2n) is 6.51. The first-order valence-electron chi connectivity index (χ1n) is 8.16. The van der Waals surface area contributed by atoms with Crippen LogP contribution in [0.3, 0.4) is 0 Å². The Hall–Kier alpha value is -1.93. The minimum Gasteiger partial charge on any atom is -0.496 e. The number of benzene rings is 1. The summed E-state index contributed by atoms with van der Waals surface area (Å²) < 4.78 is 35.9. The summed E-state index contributed by atoms with van der Waals surface area (Å²) in [4.78, 5) is 0.285. The Morgan fingerprint density at radius 3 is 2.36 bits per heavy atom. The quantitative estimate of drug-likeness (QED) is 0.849. The van der Waals surface area contributed by atoms with Crippen molar-refractivity contribution in [3.63, 3.8) is 0 Å². The predicted molar refractivity (Wildman–Crippen MR) is 96.3 cm³/mol. The summed E-state index contributed by atoms with van der Waals surface area (Å²) in [5.41, 5.74) is 2.14. The average Bonchev–Trinajstić information content (AvgIpc) is 3.00. The Bertz CT molecular complexity index is 872. The molecule has 8 heteroatoms. The lowest BCUT2D eigenvalue weighted by atomic mass is 10.1. The molecule has 0 radical (unpaired) electrons. The van der Waals surface area contributed by atoms with E-state index in [0.29, 0.717) is 22.7 Å². The van der Waals surface area contributed by atoms with E-state index in [1.54, 1.807) is 40.3 Å². The summed E-state index contributed by atoms with van der Waals surface area (Å²) in [5.74, 6) is 1.26. The molecule has 25 heavy (non-hydrogen) atoms. The first kappa shape index (κ1) is 19.4. The molecule has 0 amide bonds. The number of nitrogens with one attached hydrogen (secondary N) is 1. The minimum atomic E-state index is -3.72. The first-order chi connectivity index (χ1) is 11.6. The van der Waals surface area contributed by atoms with Crippen molar-refractivity contribution in [2.24, 2.45) is 0 Å². The van der Waals surface area contributed by atoms with Crippen molar-refractivity contribution in [2.75, 3.05) is 7.11 Å². The van der Waals surface area contributed by atoms with Crippen LogP contribution in [0.4, 0.5) is 0 Å².